The number of para-hydroxylation sites is 1. The number of carbonyl (C=O) groups is 1. The molecule has 2 aliphatic rings. The van der Waals surface area contributed by atoms with Crippen molar-refractivity contribution < 1.29 is 14.6 Å². The van der Waals surface area contributed by atoms with Crippen molar-refractivity contribution in [3.8, 4) is 5.75 Å². The van der Waals surface area contributed by atoms with Crippen LogP contribution in [0.25, 0.3) is 0 Å². The standard InChI is InChI=1S/C20H30N2O3/c1-2-25-17-9-4-3-7-15(17)19-16-8-5-6-11-20(16,24)12-14-22(19)13-10-18(21)23/h3-4,7,9,16,19,24H,2,5-6,8,10-14H2,1H3,(H2,21,23)/t16-,19-,20-/m1/s1. The number of hydrogen-bond acceptors (Lipinski definition) is 4. The molecule has 5 heteroatoms. The second kappa shape index (κ2) is 7.75. The highest BCUT2D eigenvalue weighted by Gasteiger charge is 2.49. The molecule has 5 nitrogen and oxygen atoms in total. The molecule has 1 aliphatic carbocycles. The molecule has 3 atom stereocenters. The Bertz CT molecular complexity index is 606. The predicted molar refractivity (Wildman–Crippen MR) is 97.3 cm³/mol. The van der Waals surface area contributed by atoms with Crippen LogP contribution in [-0.4, -0.2) is 41.2 Å². The van der Waals surface area contributed by atoms with Gasteiger partial charge in [-0.25, -0.2) is 0 Å². The number of ether oxygens (including phenoxy) is 1. The van der Waals surface area contributed by atoms with Gasteiger partial charge in [-0.05, 0) is 32.3 Å². The molecular formula is C20H30N2O3. The number of aliphatic hydroxyl groups is 1. The van der Waals surface area contributed by atoms with Crippen LogP contribution in [0.3, 0.4) is 0 Å². The maximum absolute atomic E-state index is 11.3. The van der Waals surface area contributed by atoms with Crippen molar-refractivity contribution in [3.63, 3.8) is 0 Å². The van der Waals surface area contributed by atoms with Gasteiger partial charge in [-0.3, -0.25) is 9.69 Å². The van der Waals surface area contributed by atoms with Crippen LogP contribution in [0.2, 0.25) is 0 Å². The van der Waals surface area contributed by atoms with E-state index in [1.165, 1.54) is 0 Å². The molecule has 2 fully saturated rings. The van der Waals surface area contributed by atoms with Crippen LogP contribution in [0.4, 0.5) is 0 Å². The number of carbonyl (C=O) groups excluding carboxylic acids is 1. The van der Waals surface area contributed by atoms with Crippen LogP contribution in [0.5, 0.6) is 5.75 Å². The molecule has 1 saturated carbocycles. The molecule has 1 aliphatic heterocycles. The molecule has 0 spiro atoms. The molecule has 1 heterocycles. The maximum atomic E-state index is 11.3. The molecule has 1 saturated heterocycles. The van der Waals surface area contributed by atoms with Crippen molar-refractivity contribution in [1.29, 1.82) is 0 Å². The summed E-state index contributed by atoms with van der Waals surface area (Å²) in [6.45, 7) is 4.01. The van der Waals surface area contributed by atoms with Gasteiger partial charge in [-0.1, -0.05) is 31.0 Å². The Morgan fingerprint density at radius 2 is 2.16 bits per heavy atom. The summed E-state index contributed by atoms with van der Waals surface area (Å²) in [7, 11) is 0. The van der Waals surface area contributed by atoms with E-state index in [4.69, 9.17) is 10.5 Å². The second-order valence-corrected chi connectivity index (χ2v) is 7.37. The first-order valence-electron chi connectivity index (χ1n) is 9.51. The highest BCUT2D eigenvalue weighted by Crippen LogP contribution is 2.50. The Morgan fingerprint density at radius 1 is 1.36 bits per heavy atom. The van der Waals surface area contributed by atoms with Crippen LogP contribution in [0, 0.1) is 5.92 Å². The minimum absolute atomic E-state index is 0.0705. The third-order valence-electron chi connectivity index (χ3n) is 5.85. The molecule has 0 unspecified atom stereocenters. The van der Waals surface area contributed by atoms with E-state index in [0.29, 0.717) is 19.6 Å². The Morgan fingerprint density at radius 3 is 2.92 bits per heavy atom. The topological polar surface area (TPSA) is 75.8 Å². The normalized spacial score (nSPS) is 29.8. The van der Waals surface area contributed by atoms with E-state index in [0.717, 1.165) is 50.0 Å². The van der Waals surface area contributed by atoms with E-state index in [-0.39, 0.29) is 17.9 Å². The van der Waals surface area contributed by atoms with Crippen molar-refractivity contribution in [2.75, 3.05) is 19.7 Å². The number of likely N-dealkylation sites (tertiary alicyclic amines) is 1. The van der Waals surface area contributed by atoms with E-state index in [1.54, 1.807) is 0 Å². The molecule has 1 aromatic rings. The average molecular weight is 346 g/mol. The Balaban J connectivity index is 1.96. The monoisotopic (exact) mass is 346 g/mol. The predicted octanol–water partition coefficient (Wildman–Crippen LogP) is 2.63. The smallest absolute Gasteiger partial charge is 0.218 e. The first kappa shape index (κ1) is 18.2. The van der Waals surface area contributed by atoms with Crippen molar-refractivity contribution in [2.24, 2.45) is 11.7 Å². The third kappa shape index (κ3) is 3.82. The van der Waals surface area contributed by atoms with Crippen LogP contribution >= 0.6 is 0 Å². The zero-order valence-corrected chi connectivity index (χ0v) is 15.1. The number of nitrogens with zero attached hydrogens (tertiary/aromatic N) is 1. The number of rotatable bonds is 6. The van der Waals surface area contributed by atoms with Crippen molar-refractivity contribution >= 4 is 5.91 Å². The lowest BCUT2D eigenvalue weighted by atomic mass is 9.66. The molecule has 0 radical (unpaired) electrons. The van der Waals surface area contributed by atoms with Crippen LogP contribution < -0.4 is 10.5 Å². The van der Waals surface area contributed by atoms with E-state index >= 15 is 0 Å². The summed E-state index contributed by atoms with van der Waals surface area (Å²) >= 11 is 0. The molecule has 3 N–H and O–H groups in total. The number of primary amides is 1. The summed E-state index contributed by atoms with van der Waals surface area (Å²) in [6.07, 6.45) is 5.23. The Kier molecular flexibility index (Phi) is 5.64. The number of amides is 1. The lowest BCUT2D eigenvalue weighted by Gasteiger charge is -2.53. The van der Waals surface area contributed by atoms with Crippen LogP contribution in [-0.2, 0) is 4.79 Å². The van der Waals surface area contributed by atoms with E-state index in [9.17, 15) is 9.90 Å². The van der Waals surface area contributed by atoms with Gasteiger partial charge in [0.1, 0.15) is 5.75 Å². The summed E-state index contributed by atoms with van der Waals surface area (Å²) in [5.41, 5.74) is 5.91. The van der Waals surface area contributed by atoms with Crippen LogP contribution in [0.15, 0.2) is 24.3 Å². The van der Waals surface area contributed by atoms with Crippen LogP contribution in [0.1, 0.15) is 57.1 Å². The SMILES string of the molecule is CCOc1ccccc1[C@@H]1[C@H]2CCCC[C@@]2(O)CCN1CCC(N)=O. The lowest BCUT2D eigenvalue weighted by molar-refractivity contribution is -0.128. The minimum atomic E-state index is -0.606. The fourth-order valence-corrected chi connectivity index (χ4v) is 4.67. The average Bonchev–Trinajstić information content (AvgIpc) is 2.60. The molecular weight excluding hydrogens is 316 g/mol. The highest BCUT2D eigenvalue weighted by molar-refractivity contribution is 5.73. The summed E-state index contributed by atoms with van der Waals surface area (Å²) in [4.78, 5) is 13.6. The van der Waals surface area contributed by atoms with Gasteiger partial charge in [-0.15, -0.1) is 0 Å². The molecule has 138 valence electrons. The summed E-state index contributed by atoms with van der Waals surface area (Å²) in [5.74, 6) is 0.778. The summed E-state index contributed by atoms with van der Waals surface area (Å²) < 4.78 is 5.88. The van der Waals surface area contributed by atoms with Gasteiger partial charge >= 0.3 is 0 Å². The molecule has 0 bridgehead atoms. The van der Waals surface area contributed by atoms with Gasteiger partial charge in [0.15, 0.2) is 0 Å². The maximum Gasteiger partial charge on any atom is 0.218 e. The minimum Gasteiger partial charge on any atom is -0.494 e. The third-order valence-corrected chi connectivity index (χ3v) is 5.85. The molecule has 0 aromatic heterocycles. The fraction of sp³-hybridized carbons (Fsp3) is 0.650. The van der Waals surface area contributed by atoms with Gasteiger partial charge in [0, 0.05) is 37.0 Å². The second-order valence-electron chi connectivity index (χ2n) is 7.37. The van der Waals surface area contributed by atoms with Gasteiger partial charge in [-0.2, -0.15) is 0 Å². The number of piperidine rings is 1. The zero-order valence-electron chi connectivity index (χ0n) is 15.1. The number of fused-ring (bicyclic) bond motifs is 1. The first-order chi connectivity index (χ1) is 12.0. The largest absolute Gasteiger partial charge is 0.494 e. The van der Waals surface area contributed by atoms with E-state index in [2.05, 4.69) is 11.0 Å². The van der Waals surface area contributed by atoms with Gasteiger partial charge in [0.2, 0.25) is 5.91 Å². The van der Waals surface area contributed by atoms with Gasteiger partial charge in [0.05, 0.1) is 12.2 Å². The van der Waals surface area contributed by atoms with Crippen molar-refractivity contribution in [1.82, 2.24) is 4.90 Å². The summed E-state index contributed by atoms with van der Waals surface area (Å²) in [5, 5.41) is 11.3. The fourth-order valence-electron chi connectivity index (χ4n) is 4.67. The van der Waals surface area contributed by atoms with E-state index < -0.39 is 5.60 Å². The molecule has 25 heavy (non-hydrogen) atoms. The lowest BCUT2D eigenvalue weighted by Crippen LogP contribution is -2.55. The quantitative estimate of drug-likeness (QED) is 0.830. The van der Waals surface area contributed by atoms with E-state index in [1.807, 2.05) is 25.1 Å². The van der Waals surface area contributed by atoms with Gasteiger partial charge in [0.25, 0.3) is 0 Å². The first-order valence-corrected chi connectivity index (χ1v) is 9.51. The van der Waals surface area contributed by atoms with Gasteiger partial charge < -0.3 is 15.6 Å². The number of benzene rings is 1. The molecule has 1 aromatic carbocycles. The summed E-state index contributed by atoms with van der Waals surface area (Å²) in [6, 6.07) is 8.19. The molecule has 1 amide bonds. The Hall–Kier alpha value is -1.59. The van der Waals surface area contributed by atoms with Crippen molar-refractivity contribution in [3.05, 3.63) is 29.8 Å². The highest BCUT2D eigenvalue weighted by atomic mass is 16.5. The Labute approximate surface area is 150 Å². The number of hydrogen-bond donors (Lipinski definition) is 2. The number of nitrogens with two attached hydrogens (primary N) is 1. The zero-order chi connectivity index (χ0) is 17.9. The van der Waals surface area contributed by atoms with Crippen molar-refractivity contribution in [2.45, 2.75) is 57.1 Å². The molecule has 3 rings (SSSR count).